The van der Waals surface area contributed by atoms with Crippen molar-refractivity contribution in [2.24, 2.45) is 0 Å². The molecule has 5 rings (SSSR count). The lowest BCUT2D eigenvalue weighted by Crippen LogP contribution is -2.37. The second kappa shape index (κ2) is 7.83. The summed E-state index contributed by atoms with van der Waals surface area (Å²) in [5.41, 5.74) is 1.82. The molecule has 0 spiro atoms. The van der Waals surface area contributed by atoms with Crippen molar-refractivity contribution in [1.82, 2.24) is 15.3 Å². The van der Waals surface area contributed by atoms with Crippen LogP contribution in [0.5, 0.6) is 0 Å². The third kappa shape index (κ3) is 3.82. The summed E-state index contributed by atoms with van der Waals surface area (Å²) in [7, 11) is 0. The number of hydrogen-bond donors (Lipinski definition) is 1. The minimum atomic E-state index is -0.176. The van der Waals surface area contributed by atoms with Gasteiger partial charge in [0.2, 0.25) is 5.95 Å². The van der Waals surface area contributed by atoms with Gasteiger partial charge in [-0.3, -0.25) is 4.79 Å². The van der Waals surface area contributed by atoms with Crippen LogP contribution >= 0.6 is 0 Å². The number of nitrogens with one attached hydrogen (secondary N) is 1. The topological polar surface area (TPSA) is 80.5 Å². The van der Waals surface area contributed by atoms with Crippen LogP contribution in [0.25, 0.3) is 11.0 Å². The molecule has 7 nitrogen and oxygen atoms in total. The Morgan fingerprint density at radius 3 is 2.86 bits per heavy atom. The van der Waals surface area contributed by atoms with E-state index in [-0.39, 0.29) is 11.9 Å². The predicted molar refractivity (Wildman–Crippen MR) is 109 cm³/mol. The Morgan fingerprint density at radius 2 is 2.00 bits per heavy atom. The molecule has 0 saturated carbocycles. The molecule has 7 heteroatoms. The maximum atomic E-state index is 12.6. The molecule has 150 valence electrons. The SMILES string of the molecule is O=C(NC1CCN(c2nccc(C3CCOCC3)n2)C1)c1cc2ccccc2o1. The average molecular weight is 392 g/mol. The number of fused-ring (bicyclic) bond motifs is 1. The lowest BCUT2D eigenvalue weighted by molar-refractivity contribution is 0.0845. The number of nitrogens with zero attached hydrogens (tertiary/aromatic N) is 3. The van der Waals surface area contributed by atoms with E-state index in [9.17, 15) is 4.79 Å². The zero-order chi connectivity index (χ0) is 19.6. The molecule has 0 aliphatic carbocycles. The summed E-state index contributed by atoms with van der Waals surface area (Å²) in [4.78, 5) is 24.0. The fourth-order valence-electron chi connectivity index (χ4n) is 4.15. The van der Waals surface area contributed by atoms with Crippen molar-refractivity contribution in [3.05, 3.63) is 54.0 Å². The molecule has 3 aromatic rings. The fourth-order valence-corrected chi connectivity index (χ4v) is 4.15. The molecular formula is C22H24N4O3. The molecule has 0 radical (unpaired) electrons. The van der Waals surface area contributed by atoms with Crippen LogP contribution in [0.2, 0.25) is 0 Å². The first-order valence-corrected chi connectivity index (χ1v) is 10.2. The fraction of sp³-hybridized carbons (Fsp3) is 0.409. The van der Waals surface area contributed by atoms with Gasteiger partial charge in [0.1, 0.15) is 5.58 Å². The van der Waals surface area contributed by atoms with Gasteiger partial charge in [-0.25, -0.2) is 9.97 Å². The largest absolute Gasteiger partial charge is 0.451 e. The highest BCUT2D eigenvalue weighted by molar-refractivity contribution is 5.96. The van der Waals surface area contributed by atoms with Crippen LogP contribution in [0, 0.1) is 0 Å². The molecule has 29 heavy (non-hydrogen) atoms. The summed E-state index contributed by atoms with van der Waals surface area (Å²) in [6.45, 7) is 3.11. The van der Waals surface area contributed by atoms with Crippen molar-refractivity contribution in [3.63, 3.8) is 0 Å². The van der Waals surface area contributed by atoms with Gasteiger partial charge in [-0.15, -0.1) is 0 Å². The maximum absolute atomic E-state index is 12.6. The third-order valence-corrected chi connectivity index (χ3v) is 5.76. The number of hydrogen-bond acceptors (Lipinski definition) is 6. The molecular weight excluding hydrogens is 368 g/mol. The highest BCUT2D eigenvalue weighted by Gasteiger charge is 2.27. The van der Waals surface area contributed by atoms with Crippen LogP contribution in [0.15, 0.2) is 47.0 Å². The van der Waals surface area contributed by atoms with Gasteiger partial charge in [0, 0.05) is 55.5 Å². The first-order chi connectivity index (χ1) is 14.3. The van der Waals surface area contributed by atoms with Crippen molar-refractivity contribution in [1.29, 1.82) is 0 Å². The van der Waals surface area contributed by atoms with E-state index in [2.05, 4.69) is 15.2 Å². The van der Waals surface area contributed by atoms with Gasteiger partial charge < -0.3 is 19.4 Å². The zero-order valence-electron chi connectivity index (χ0n) is 16.2. The molecule has 2 saturated heterocycles. The van der Waals surface area contributed by atoms with Crippen LogP contribution in [0.3, 0.4) is 0 Å². The molecule has 0 bridgehead atoms. The van der Waals surface area contributed by atoms with E-state index >= 15 is 0 Å². The number of amides is 1. The first-order valence-electron chi connectivity index (χ1n) is 10.2. The van der Waals surface area contributed by atoms with Gasteiger partial charge in [-0.1, -0.05) is 18.2 Å². The van der Waals surface area contributed by atoms with Gasteiger partial charge >= 0.3 is 0 Å². The van der Waals surface area contributed by atoms with Crippen molar-refractivity contribution in [2.45, 2.75) is 31.2 Å². The Kier molecular flexibility index (Phi) is 4.89. The number of para-hydroxylation sites is 1. The molecule has 1 atom stereocenters. The number of rotatable bonds is 4. The Bertz CT molecular complexity index is 979. The monoisotopic (exact) mass is 392 g/mol. The van der Waals surface area contributed by atoms with Crippen LogP contribution in [-0.4, -0.2) is 48.2 Å². The number of carbonyl (C=O) groups excluding carboxylic acids is 1. The Balaban J connectivity index is 1.23. The standard InChI is InChI=1S/C22H24N4O3/c27-21(20-13-16-3-1-2-4-19(16)29-20)24-17-6-10-26(14-17)22-23-9-5-18(25-22)15-7-11-28-12-8-15/h1-5,9,13,15,17H,6-8,10-12,14H2,(H,24,27). The van der Waals surface area contributed by atoms with Crippen LogP contribution in [0.1, 0.15) is 41.4 Å². The summed E-state index contributed by atoms with van der Waals surface area (Å²) >= 11 is 0. The van der Waals surface area contributed by atoms with Crippen molar-refractivity contribution in [2.75, 3.05) is 31.2 Å². The first kappa shape index (κ1) is 18.1. The normalized spacial score (nSPS) is 20.3. The van der Waals surface area contributed by atoms with Crippen molar-refractivity contribution < 1.29 is 13.9 Å². The smallest absolute Gasteiger partial charge is 0.287 e. The number of furan rings is 1. The molecule has 2 aliphatic heterocycles. The number of carbonyl (C=O) groups is 1. The van der Waals surface area contributed by atoms with E-state index in [1.165, 1.54) is 0 Å². The second-order valence-corrected chi connectivity index (χ2v) is 7.72. The van der Waals surface area contributed by atoms with Gasteiger partial charge in [-0.05, 0) is 37.5 Å². The summed E-state index contributed by atoms with van der Waals surface area (Å²) < 4.78 is 11.1. The molecule has 2 aromatic heterocycles. The quantitative estimate of drug-likeness (QED) is 0.735. The minimum Gasteiger partial charge on any atom is -0.451 e. The van der Waals surface area contributed by atoms with E-state index in [4.69, 9.17) is 14.1 Å². The van der Waals surface area contributed by atoms with Crippen LogP contribution in [0.4, 0.5) is 5.95 Å². The van der Waals surface area contributed by atoms with Gasteiger partial charge in [0.25, 0.3) is 5.91 Å². The average Bonchev–Trinajstić information content (AvgIpc) is 3.41. The number of ether oxygens (including phenoxy) is 1. The number of benzene rings is 1. The van der Waals surface area contributed by atoms with Crippen LogP contribution < -0.4 is 10.2 Å². The molecule has 4 heterocycles. The van der Waals surface area contributed by atoms with Crippen LogP contribution in [-0.2, 0) is 4.74 Å². The highest BCUT2D eigenvalue weighted by atomic mass is 16.5. The van der Waals surface area contributed by atoms with Gasteiger partial charge in [0.05, 0.1) is 0 Å². The highest BCUT2D eigenvalue weighted by Crippen LogP contribution is 2.27. The van der Waals surface area contributed by atoms with Gasteiger partial charge in [-0.2, -0.15) is 0 Å². The minimum absolute atomic E-state index is 0.0473. The summed E-state index contributed by atoms with van der Waals surface area (Å²) in [6, 6.07) is 11.5. The Hall–Kier alpha value is -2.93. The molecule has 1 amide bonds. The Morgan fingerprint density at radius 1 is 1.14 bits per heavy atom. The van der Waals surface area contributed by atoms with E-state index in [0.29, 0.717) is 18.2 Å². The molecule has 1 N–H and O–H groups in total. The maximum Gasteiger partial charge on any atom is 0.287 e. The second-order valence-electron chi connectivity index (χ2n) is 7.72. The Labute approximate surface area is 169 Å². The van der Waals surface area contributed by atoms with E-state index in [0.717, 1.165) is 61.6 Å². The zero-order valence-corrected chi connectivity index (χ0v) is 16.2. The van der Waals surface area contributed by atoms with E-state index in [1.807, 2.05) is 36.5 Å². The summed E-state index contributed by atoms with van der Waals surface area (Å²) in [5, 5.41) is 4.02. The molecule has 1 aromatic carbocycles. The number of anilines is 1. The third-order valence-electron chi connectivity index (χ3n) is 5.76. The lowest BCUT2D eigenvalue weighted by atomic mass is 9.96. The molecule has 2 aliphatic rings. The molecule has 1 unspecified atom stereocenters. The van der Waals surface area contributed by atoms with Gasteiger partial charge in [0.15, 0.2) is 5.76 Å². The predicted octanol–water partition coefficient (Wildman–Crippen LogP) is 3.13. The molecule has 2 fully saturated rings. The summed E-state index contributed by atoms with van der Waals surface area (Å²) in [5.74, 6) is 1.36. The van der Waals surface area contributed by atoms with Crippen molar-refractivity contribution >= 4 is 22.8 Å². The van der Waals surface area contributed by atoms with E-state index in [1.54, 1.807) is 6.07 Å². The number of aromatic nitrogens is 2. The van der Waals surface area contributed by atoms with E-state index < -0.39 is 0 Å². The summed E-state index contributed by atoms with van der Waals surface area (Å²) in [6.07, 6.45) is 4.71. The lowest BCUT2D eigenvalue weighted by Gasteiger charge is -2.23. The van der Waals surface area contributed by atoms with Crippen molar-refractivity contribution in [3.8, 4) is 0 Å².